The minimum absolute atomic E-state index is 0.403. The van der Waals surface area contributed by atoms with Crippen LogP contribution in [0.15, 0.2) is 0 Å². The van der Waals surface area contributed by atoms with Gasteiger partial charge in [0.2, 0.25) is 0 Å². The molecule has 28 heavy (non-hydrogen) atoms. The Morgan fingerprint density at radius 2 is 1.07 bits per heavy atom. The molecule has 0 rings (SSSR count). The predicted molar refractivity (Wildman–Crippen MR) is 126 cm³/mol. The quantitative estimate of drug-likeness (QED) is 0.329. The zero-order chi connectivity index (χ0) is 22.4. The molecule has 0 radical (unpaired) electrons. The van der Waals surface area contributed by atoms with Crippen molar-refractivity contribution in [3.63, 3.8) is 0 Å². The van der Waals surface area contributed by atoms with Gasteiger partial charge in [0.15, 0.2) is 25.0 Å². The molecule has 7 nitrogen and oxygen atoms in total. The van der Waals surface area contributed by atoms with Crippen molar-refractivity contribution in [2.45, 2.75) is 76.7 Å². The molecule has 168 valence electrons. The Bertz CT molecular complexity index is 476. The summed E-state index contributed by atoms with van der Waals surface area (Å²) in [6.45, 7) is 18.9. The zero-order valence-corrected chi connectivity index (χ0v) is 26.0. The van der Waals surface area contributed by atoms with E-state index < -0.39 is 51.2 Å². The van der Waals surface area contributed by atoms with Crippen LogP contribution >= 0.6 is 0 Å². The number of hydrogen-bond donors (Lipinski definition) is 0. The van der Waals surface area contributed by atoms with E-state index in [0.29, 0.717) is 17.4 Å². The van der Waals surface area contributed by atoms with Crippen LogP contribution in [0.1, 0.15) is 6.92 Å². The largest absolute Gasteiger partial charge is 0.499 e. The topological polar surface area (TPSA) is 72.5 Å². The van der Waals surface area contributed by atoms with Gasteiger partial charge in [0.05, 0.1) is 5.67 Å². The fourth-order valence-electron chi connectivity index (χ4n) is 2.92. The van der Waals surface area contributed by atoms with E-state index in [-0.39, 0.29) is 0 Å². The van der Waals surface area contributed by atoms with Crippen molar-refractivity contribution in [2.24, 2.45) is 0 Å². The lowest BCUT2D eigenvalue weighted by molar-refractivity contribution is 0.127. The molecule has 0 aromatic carbocycles. The van der Waals surface area contributed by atoms with Crippen molar-refractivity contribution in [1.82, 2.24) is 0 Å². The SMILES string of the molecule is CC[Si](=O)C[Si](O[Si](C)(C)C)(O[Si](C)(C)C)O[Si](C)(C)C[Si](OC)(OC)OC. The highest BCUT2D eigenvalue weighted by atomic mass is 28.5. The van der Waals surface area contributed by atoms with Crippen molar-refractivity contribution in [2.75, 3.05) is 21.3 Å². The van der Waals surface area contributed by atoms with Crippen LogP contribution in [-0.4, -0.2) is 72.6 Å². The van der Waals surface area contributed by atoms with Crippen LogP contribution < -0.4 is 0 Å². The van der Waals surface area contributed by atoms with E-state index in [9.17, 15) is 4.46 Å². The highest BCUT2D eigenvalue weighted by Crippen LogP contribution is 2.32. The molecule has 0 aromatic heterocycles. The van der Waals surface area contributed by atoms with Crippen molar-refractivity contribution in [3.05, 3.63) is 0 Å². The van der Waals surface area contributed by atoms with Gasteiger partial charge in [-0.05, 0) is 58.4 Å². The summed E-state index contributed by atoms with van der Waals surface area (Å²) in [6.07, 6.45) is 0. The number of hydrogen-bond acceptors (Lipinski definition) is 7. The van der Waals surface area contributed by atoms with Gasteiger partial charge < -0.3 is 30.1 Å². The first-order chi connectivity index (χ1) is 12.5. The highest BCUT2D eigenvalue weighted by Gasteiger charge is 2.55. The first-order valence-corrected chi connectivity index (χ1v) is 25.4. The van der Waals surface area contributed by atoms with Crippen molar-refractivity contribution in [3.8, 4) is 0 Å². The lowest BCUT2D eigenvalue weighted by Gasteiger charge is -2.44. The van der Waals surface area contributed by atoms with Gasteiger partial charge >= 0.3 is 17.6 Å². The smallest absolute Gasteiger partial charge is 0.417 e. The second-order valence-corrected chi connectivity index (χ2v) is 32.5. The molecule has 0 spiro atoms. The first kappa shape index (κ1) is 28.9. The van der Waals surface area contributed by atoms with Crippen molar-refractivity contribution in [1.29, 1.82) is 0 Å². The molecule has 0 saturated heterocycles. The minimum atomic E-state index is -3.15. The van der Waals surface area contributed by atoms with E-state index >= 15 is 0 Å². The Balaban J connectivity index is 6.07. The van der Waals surface area contributed by atoms with Gasteiger partial charge in [-0.15, -0.1) is 0 Å². The Hall–Kier alpha value is 0.861. The zero-order valence-electron chi connectivity index (χ0n) is 20.0. The maximum Gasteiger partial charge on any atom is 0.499 e. The molecule has 0 N–H and O–H groups in total. The third-order valence-corrected chi connectivity index (χ3v) is 25.7. The van der Waals surface area contributed by atoms with Crippen molar-refractivity contribution < 1.29 is 30.1 Å². The molecule has 0 aliphatic carbocycles. The molecule has 0 bridgehead atoms. The van der Waals surface area contributed by atoms with Gasteiger partial charge in [-0.1, -0.05) is 6.92 Å². The van der Waals surface area contributed by atoms with Crippen molar-refractivity contribution >= 4 is 51.2 Å². The second-order valence-electron chi connectivity index (χ2n) is 9.51. The molecular formula is C15H42O7Si6. The summed E-state index contributed by atoms with van der Waals surface area (Å²) in [4.78, 5) is 0. The summed E-state index contributed by atoms with van der Waals surface area (Å²) in [5.41, 5.74) is 0.982. The lowest BCUT2D eigenvalue weighted by atomic mass is 11.0. The molecule has 0 atom stereocenters. The Morgan fingerprint density at radius 1 is 0.679 bits per heavy atom. The number of rotatable bonds is 14. The van der Waals surface area contributed by atoms with Crippen LogP contribution in [0.3, 0.4) is 0 Å². The molecule has 13 heteroatoms. The fraction of sp³-hybridized carbons (Fsp3) is 1.00. The van der Waals surface area contributed by atoms with E-state index in [2.05, 4.69) is 52.4 Å². The van der Waals surface area contributed by atoms with Gasteiger partial charge in [0, 0.05) is 27.0 Å². The van der Waals surface area contributed by atoms with Crippen LogP contribution in [0.4, 0.5) is 0 Å². The fourth-order valence-corrected chi connectivity index (χ4v) is 28.5. The molecule has 0 aromatic rings. The highest BCUT2D eigenvalue weighted by molar-refractivity contribution is 6.95. The average molecular weight is 503 g/mol. The van der Waals surface area contributed by atoms with Gasteiger partial charge in [0.1, 0.15) is 0 Å². The van der Waals surface area contributed by atoms with Gasteiger partial charge in [-0.2, -0.15) is 0 Å². The normalized spacial score (nSPS) is 14.4. The summed E-state index contributed by atoms with van der Waals surface area (Å²) in [5.74, 6) is 0. The van der Waals surface area contributed by atoms with Crippen LogP contribution in [0.25, 0.3) is 0 Å². The second kappa shape index (κ2) is 10.9. The molecule has 0 fully saturated rings. The summed E-state index contributed by atoms with van der Waals surface area (Å²) in [7, 11) is -9.37. The van der Waals surface area contributed by atoms with E-state index in [1.54, 1.807) is 21.3 Å². The molecule has 0 heterocycles. The van der Waals surface area contributed by atoms with Gasteiger partial charge in [-0.25, -0.2) is 0 Å². The van der Waals surface area contributed by atoms with Crippen LogP contribution in [0.2, 0.25) is 69.8 Å². The van der Waals surface area contributed by atoms with Crippen LogP contribution in [-0.2, 0) is 30.1 Å². The monoisotopic (exact) mass is 502 g/mol. The maximum atomic E-state index is 12.7. The molecule has 0 aliphatic heterocycles. The van der Waals surface area contributed by atoms with Gasteiger partial charge in [-0.3, -0.25) is 0 Å². The van der Waals surface area contributed by atoms with Crippen LogP contribution in [0.5, 0.6) is 0 Å². The summed E-state index contributed by atoms with van der Waals surface area (Å²) >= 11 is 0. The van der Waals surface area contributed by atoms with E-state index in [0.717, 1.165) is 0 Å². The first-order valence-electron chi connectivity index (χ1n) is 9.74. The molecule has 0 aliphatic rings. The van der Waals surface area contributed by atoms with E-state index in [1.807, 2.05) is 6.92 Å². The Morgan fingerprint density at radius 3 is 1.36 bits per heavy atom. The van der Waals surface area contributed by atoms with E-state index in [4.69, 9.17) is 25.6 Å². The average Bonchev–Trinajstić information content (AvgIpc) is 2.48. The standard InChI is InChI=1S/C15H42O7Si6/c1-13-23(16)14-27(20-24(5,6)7,21-25(8,9)10)22-26(11,12)15-28(17-2,18-3)19-4/h13-15H2,1-12H3. The molecule has 0 amide bonds. The molecular weight excluding hydrogens is 461 g/mol. The predicted octanol–water partition coefficient (Wildman–Crippen LogP) is 4.25. The summed E-state index contributed by atoms with van der Waals surface area (Å²) in [5, 5.41) is 0. The third-order valence-electron chi connectivity index (χ3n) is 3.74. The minimum Gasteiger partial charge on any atom is -0.417 e. The Kier molecular flexibility index (Phi) is 11.3. The Labute approximate surface area is 179 Å². The summed E-state index contributed by atoms with van der Waals surface area (Å²) < 4.78 is 49.7. The lowest BCUT2D eigenvalue weighted by Crippen LogP contribution is -2.63. The molecule has 0 saturated carbocycles. The summed E-state index contributed by atoms with van der Waals surface area (Å²) in [6, 6.07) is 0.627. The van der Waals surface area contributed by atoms with Crippen LogP contribution in [0, 0.1) is 0 Å². The maximum absolute atomic E-state index is 12.7. The third kappa shape index (κ3) is 10.8. The molecule has 0 unspecified atom stereocenters. The van der Waals surface area contributed by atoms with E-state index in [1.165, 1.54) is 0 Å². The van der Waals surface area contributed by atoms with Gasteiger partial charge in [0.25, 0.3) is 8.68 Å².